The zero-order valence-electron chi connectivity index (χ0n) is 8.64. The van der Waals surface area contributed by atoms with Gasteiger partial charge in [-0.25, -0.2) is 0 Å². The Morgan fingerprint density at radius 2 is 1.20 bits per heavy atom. The fourth-order valence-electron chi connectivity index (χ4n) is 1.04. The Hall–Kier alpha value is -0.120. The molecule has 0 aliphatic rings. The van der Waals surface area contributed by atoms with Crippen LogP contribution in [0.5, 0.6) is 0 Å². The normalized spacial score (nSPS) is 10.3. The molecule has 0 unspecified atom stereocenters. The van der Waals surface area contributed by atoms with Gasteiger partial charge in [-0.15, -0.1) is 0 Å². The van der Waals surface area contributed by atoms with Crippen molar-refractivity contribution in [2.45, 2.75) is 38.5 Å². The van der Waals surface area contributed by atoms with Gasteiger partial charge in [0.2, 0.25) is 10.5 Å². The van der Waals surface area contributed by atoms with E-state index < -0.39 is 0 Å². The van der Waals surface area contributed by atoms with Crippen molar-refractivity contribution in [1.82, 2.24) is 0 Å². The molecule has 0 aromatic rings. The van der Waals surface area contributed by atoms with E-state index in [2.05, 4.69) is 0 Å². The predicted octanol–water partition coefficient (Wildman–Crippen LogP) is 2.87. The summed E-state index contributed by atoms with van der Waals surface area (Å²) in [4.78, 5) is 20.7. The zero-order valence-corrected chi connectivity index (χ0v) is 10.1. The van der Waals surface area contributed by atoms with Gasteiger partial charge >= 0.3 is 0 Å². The Labute approximate surface area is 100 Å². The minimum absolute atomic E-state index is 0.296. The maximum Gasteiger partial charge on any atom is 0.221 e. The summed E-state index contributed by atoms with van der Waals surface area (Å²) < 4.78 is 5.29. The minimum atomic E-state index is -0.296. The van der Waals surface area contributed by atoms with Crippen LogP contribution >= 0.6 is 23.2 Å². The highest BCUT2D eigenvalue weighted by Crippen LogP contribution is 2.02. The highest BCUT2D eigenvalue weighted by atomic mass is 35.5. The largest absolute Gasteiger partial charge is 0.381 e. The first-order chi connectivity index (χ1) is 7.13. The van der Waals surface area contributed by atoms with Crippen molar-refractivity contribution in [3.63, 3.8) is 0 Å². The summed E-state index contributed by atoms with van der Waals surface area (Å²) in [7, 11) is 0. The van der Waals surface area contributed by atoms with E-state index in [9.17, 15) is 9.59 Å². The molecule has 0 aliphatic carbocycles. The molecule has 0 spiro atoms. The molecule has 88 valence electrons. The van der Waals surface area contributed by atoms with Crippen molar-refractivity contribution in [2.24, 2.45) is 0 Å². The first-order valence-corrected chi connectivity index (χ1v) is 5.83. The molecule has 3 nitrogen and oxygen atoms in total. The van der Waals surface area contributed by atoms with Crippen LogP contribution in [-0.4, -0.2) is 23.7 Å². The summed E-state index contributed by atoms with van der Waals surface area (Å²) in [5.41, 5.74) is 0. The van der Waals surface area contributed by atoms with Gasteiger partial charge in [0.05, 0.1) is 0 Å². The number of halogens is 2. The SMILES string of the molecule is O=C(Cl)CCCCOCCCCC(=O)Cl. The average molecular weight is 255 g/mol. The number of ether oxygens (including phenoxy) is 1. The lowest BCUT2D eigenvalue weighted by Crippen LogP contribution is -1.98. The molecule has 0 aliphatic heterocycles. The number of hydrogen-bond acceptors (Lipinski definition) is 3. The third kappa shape index (κ3) is 13.9. The molecule has 0 aromatic heterocycles. The van der Waals surface area contributed by atoms with Crippen LogP contribution in [0, 0.1) is 0 Å². The predicted molar refractivity (Wildman–Crippen MR) is 60.2 cm³/mol. The first kappa shape index (κ1) is 14.9. The van der Waals surface area contributed by atoms with Crippen LogP contribution < -0.4 is 0 Å². The molecule has 15 heavy (non-hydrogen) atoms. The van der Waals surface area contributed by atoms with E-state index in [0.717, 1.165) is 25.7 Å². The van der Waals surface area contributed by atoms with Gasteiger partial charge in [0.15, 0.2) is 0 Å². The third-order valence-electron chi connectivity index (χ3n) is 1.82. The van der Waals surface area contributed by atoms with Crippen LogP contribution in [0.4, 0.5) is 0 Å². The van der Waals surface area contributed by atoms with E-state index in [1.165, 1.54) is 0 Å². The van der Waals surface area contributed by atoms with Crippen LogP contribution in [0.2, 0.25) is 0 Å². The van der Waals surface area contributed by atoms with Crippen molar-refractivity contribution in [3.8, 4) is 0 Å². The van der Waals surface area contributed by atoms with Crippen LogP contribution in [0.3, 0.4) is 0 Å². The third-order valence-corrected chi connectivity index (χ3v) is 2.20. The molecule has 0 aromatic carbocycles. The topological polar surface area (TPSA) is 43.4 Å². The Kier molecular flexibility index (Phi) is 10.3. The van der Waals surface area contributed by atoms with Crippen LogP contribution in [0.15, 0.2) is 0 Å². The Bertz CT molecular complexity index is 175. The Morgan fingerprint density at radius 3 is 1.53 bits per heavy atom. The van der Waals surface area contributed by atoms with E-state index in [1.54, 1.807) is 0 Å². The van der Waals surface area contributed by atoms with Crippen LogP contribution in [-0.2, 0) is 14.3 Å². The minimum Gasteiger partial charge on any atom is -0.381 e. The van der Waals surface area contributed by atoms with Gasteiger partial charge < -0.3 is 4.74 Å². The molecule has 0 N–H and O–H groups in total. The van der Waals surface area contributed by atoms with Crippen LogP contribution in [0.1, 0.15) is 38.5 Å². The van der Waals surface area contributed by atoms with E-state index in [0.29, 0.717) is 26.1 Å². The molecule has 5 heteroatoms. The maximum absolute atomic E-state index is 10.4. The van der Waals surface area contributed by atoms with E-state index in [4.69, 9.17) is 27.9 Å². The fourth-order valence-corrected chi connectivity index (χ4v) is 1.31. The second-order valence-electron chi connectivity index (χ2n) is 3.24. The molecule has 0 saturated carbocycles. The van der Waals surface area contributed by atoms with Gasteiger partial charge in [-0.1, -0.05) is 0 Å². The molecule has 0 atom stereocenters. The number of carbonyl (C=O) groups excluding carboxylic acids is 2. The number of rotatable bonds is 10. The standard InChI is InChI=1S/C10H16Cl2O3/c11-9(13)5-1-3-7-15-8-4-2-6-10(12)14/h1-8H2. The van der Waals surface area contributed by atoms with Gasteiger partial charge in [-0.2, -0.15) is 0 Å². The quantitative estimate of drug-likeness (QED) is 0.445. The molecule has 0 heterocycles. The molecule has 0 bridgehead atoms. The summed E-state index contributed by atoms with van der Waals surface area (Å²) in [6, 6.07) is 0. The van der Waals surface area contributed by atoms with Gasteiger partial charge in [0, 0.05) is 26.1 Å². The van der Waals surface area contributed by atoms with E-state index in [1.807, 2.05) is 0 Å². The first-order valence-electron chi connectivity index (χ1n) is 5.07. The van der Waals surface area contributed by atoms with E-state index in [-0.39, 0.29) is 10.5 Å². The molecule has 0 amide bonds. The zero-order chi connectivity index (χ0) is 11.5. The lowest BCUT2D eigenvalue weighted by molar-refractivity contribution is -0.112. The smallest absolute Gasteiger partial charge is 0.221 e. The monoisotopic (exact) mass is 254 g/mol. The summed E-state index contributed by atoms with van der Waals surface area (Å²) in [6.45, 7) is 1.28. The highest BCUT2D eigenvalue weighted by molar-refractivity contribution is 6.63. The van der Waals surface area contributed by atoms with Crippen molar-refractivity contribution in [3.05, 3.63) is 0 Å². The molecule has 0 fully saturated rings. The second-order valence-corrected chi connectivity index (χ2v) is 4.08. The fraction of sp³-hybridized carbons (Fsp3) is 0.800. The lowest BCUT2D eigenvalue weighted by Gasteiger charge is -2.02. The highest BCUT2D eigenvalue weighted by Gasteiger charge is 1.97. The van der Waals surface area contributed by atoms with Crippen LogP contribution in [0.25, 0.3) is 0 Å². The van der Waals surface area contributed by atoms with Gasteiger partial charge in [0.25, 0.3) is 0 Å². The van der Waals surface area contributed by atoms with Gasteiger partial charge in [-0.05, 0) is 48.9 Å². The maximum atomic E-state index is 10.4. The Morgan fingerprint density at radius 1 is 0.800 bits per heavy atom. The summed E-state index contributed by atoms with van der Waals surface area (Å²) in [6.07, 6.45) is 4.03. The molecule has 0 radical (unpaired) electrons. The van der Waals surface area contributed by atoms with Crippen molar-refractivity contribution < 1.29 is 14.3 Å². The summed E-state index contributed by atoms with van der Waals surface area (Å²) >= 11 is 10.3. The molecular formula is C10H16Cl2O3. The van der Waals surface area contributed by atoms with Crippen molar-refractivity contribution >= 4 is 33.7 Å². The lowest BCUT2D eigenvalue weighted by atomic mass is 10.2. The second kappa shape index (κ2) is 10.4. The van der Waals surface area contributed by atoms with Gasteiger partial charge in [0.1, 0.15) is 0 Å². The molecule has 0 rings (SSSR count). The van der Waals surface area contributed by atoms with Crippen molar-refractivity contribution in [1.29, 1.82) is 0 Å². The van der Waals surface area contributed by atoms with E-state index >= 15 is 0 Å². The molecule has 0 saturated heterocycles. The average Bonchev–Trinajstić information content (AvgIpc) is 2.14. The number of carbonyl (C=O) groups is 2. The number of hydrogen-bond donors (Lipinski definition) is 0. The van der Waals surface area contributed by atoms with Crippen molar-refractivity contribution in [2.75, 3.05) is 13.2 Å². The summed E-state index contributed by atoms with van der Waals surface area (Å²) in [5, 5.41) is -0.591. The van der Waals surface area contributed by atoms with Gasteiger partial charge in [-0.3, -0.25) is 9.59 Å². The summed E-state index contributed by atoms with van der Waals surface area (Å²) in [5.74, 6) is 0. The Balaban J connectivity index is 2.99. The number of unbranched alkanes of at least 4 members (excludes halogenated alkanes) is 2. The molecular weight excluding hydrogens is 239 g/mol.